The predicted octanol–water partition coefficient (Wildman–Crippen LogP) is 3.36. The summed E-state index contributed by atoms with van der Waals surface area (Å²) in [6, 6.07) is 7.91. The van der Waals surface area contributed by atoms with Gasteiger partial charge in [-0.25, -0.2) is 0 Å². The average Bonchev–Trinajstić information content (AvgIpc) is 2.49. The number of para-hydroxylation sites is 2. The van der Waals surface area contributed by atoms with Gasteiger partial charge in [-0.1, -0.05) is 32.9 Å². The Balaban J connectivity index is 0.000000299. The van der Waals surface area contributed by atoms with Crippen LogP contribution in [0.2, 0.25) is 0 Å². The van der Waals surface area contributed by atoms with Crippen LogP contribution in [0.4, 0.5) is 5.69 Å². The van der Waals surface area contributed by atoms with Crippen molar-refractivity contribution >= 4 is 5.69 Å². The number of rotatable bonds is 0. The number of ether oxygens (including phenoxy) is 1. The fraction of sp³-hybridized carbons (Fsp3) is 0.455. The maximum Gasteiger partial charge on any atom is 0.159 e. The van der Waals surface area contributed by atoms with Crippen LogP contribution in [-0.2, 0) is 0 Å². The van der Waals surface area contributed by atoms with Crippen molar-refractivity contribution in [3.05, 3.63) is 24.3 Å². The number of fused-ring (bicyclic) bond motifs is 1. The van der Waals surface area contributed by atoms with Crippen LogP contribution in [0.15, 0.2) is 24.3 Å². The molecule has 74 valence electrons. The summed E-state index contributed by atoms with van der Waals surface area (Å²) in [4.78, 5) is 0. The van der Waals surface area contributed by atoms with Gasteiger partial charge >= 0.3 is 0 Å². The SMILES string of the molecule is CC(C)C.[HH].c1ccc2c(c1)NCO2. The third-order valence-electron chi connectivity index (χ3n) is 1.38. The van der Waals surface area contributed by atoms with Gasteiger partial charge < -0.3 is 10.1 Å². The Labute approximate surface area is 81.4 Å². The summed E-state index contributed by atoms with van der Waals surface area (Å²) in [7, 11) is 0. The van der Waals surface area contributed by atoms with Crippen molar-refractivity contribution in [1.82, 2.24) is 0 Å². The summed E-state index contributed by atoms with van der Waals surface area (Å²) < 4.78 is 5.19. The lowest BCUT2D eigenvalue weighted by atomic mass is 10.3. The molecule has 0 saturated heterocycles. The predicted molar refractivity (Wildman–Crippen MR) is 58.2 cm³/mol. The molecule has 2 rings (SSSR count). The Kier molecular flexibility index (Phi) is 3.62. The van der Waals surface area contributed by atoms with Crippen LogP contribution in [0.1, 0.15) is 22.2 Å². The van der Waals surface area contributed by atoms with Crippen molar-refractivity contribution in [3.8, 4) is 5.75 Å². The molecule has 0 fully saturated rings. The quantitative estimate of drug-likeness (QED) is 0.662. The highest BCUT2D eigenvalue weighted by molar-refractivity contribution is 5.58. The Hall–Kier alpha value is -1.18. The Morgan fingerprint density at radius 1 is 1.31 bits per heavy atom. The van der Waals surface area contributed by atoms with Crippen molar-refractivity contribution in [1.29, 1.82) is 0 Å². The first-order chi connectivity index (χ1) is 6.20. The van der Waals surface area contributed by atoms with E-state index in [1.807, 2.05) is 24.3 Å². The van der Waals surface area contributed by atoms with E-state index in [9.17, 15) is 0 Å². The summed E-state index contributed by atoms with van der Waals surface area (Å²) >= 11 is 0. The Morgan fingerprint density at radius 3 is 2.54 bits per heavy atom. The molecule has 1 aliphatic rings. The van der Waals surface area contributed by atoms with Gasteiger partial charge in [-0.05, 0) is 18.1 Å². The fourth-order valence-electron chi connectivity index (χ4n) is 0.930. The van der Waals surface area contributed by atoms with E-state index < -0.39 is 0 Å². The van der Waals surface area contributed by atoms with Gasteiger partial charge in [0.2, 0.25) is 0 Å². The molecular formula is C11H19NO. The lowest BCUT2D eigenvalue weighted by molar-refractivity contribution is 0.372. The highest BCUT2D eigenvalue weighted by atomic mass is 16.5. The van der Waals surface area contributed by atoms with E-state index in [2.05, 4.69) is 26.1 Å². The van der Waals surface area contributed by atoms with Gasteiger partial charge in [0, 0.05) is 1.43 Å². The maximum absolute atomic E-state index is 5.19. The number of nitrogens with one attached hydrogen (secondary N) is 1. The molecule has 0 radical (unpaired) electrons. The highest BCUT2D eigenvalue weighted by Gasteiger charge is 2.06. The minimum atomic E-state index is 0. The number of anilines is 1. The van der Waals surface area contributed by atoms with E-state index in [1.165, 1.54) is 0 Å². The molecule has 0 unspecified atom stereocenters. The van der Waals surface area contributed by atoms with Crippen molar-refractivity contribution in [2.75, 3.05) is 12.0 Å². The van der Waals surface area contributed by atoms with Crippen molar-refractivity contribution in [2.24, 2.45) is 5.92 Å². The lowest BCUT2D eigenvalue weighted by Crippen LogP contribution is -1.96. The van der Waals surface area contributed by atoms with E-state index in [1.54, 1.807) is 0 Å². The van der Waals surface area contributed by atoms with Crippen LogP contribution in [0.3, 0.4) is 0 Å². The van der Waals surface area contributed by atoms with Crippen LogP contribution in [0.5, 0.6) is 5.75 Å². The largest absolute Gasteiger partial charge is 0.471 e. The summed E-state index contributed by atoms with van der Waals surface area (Å²) in [6.45, 7) is 7.11. The van der Waals surface area contributed by atoms with Crippen molar-refractivity contribution in [3.63, 3.8) is 0 Å². The van der Waals surface area contributed by atoms with Crippen molar-refractivity contribution < 1.29 is 6.16 Å². The third-order valence-corrected chi connectivity index (χ3v) is 1.38. The van der Waals surface area contributed by atoms with Gasteiger partial charge in [-0.2, -0.15) is 0 Å². The molecule has 0 aromatic heterocycles. The summed E-state index contributed by atoms with van der Waals surface area (Å²) in [5.74, 6) is 1.79. The summed E-state index contributed by atoms with van der Waals surface area (Å²) in [5, 5.41) is 3.08. The zero-order valence-corrected chi connectivity index (χ0v) is 8.50. The Bertz CT molecular complexity index is 237. The molecule has 0 amide bonds. The standard InChI is InChI=1S/C7H7NO.C4H10.H2/c1-2-4-7-6(3-1)8-5-9-7;1-4(2)3;/h1-4,8H,5H2;4H,1-3H3;1H. The minimum Gasteiger partial charge on any atom is -0.471 e. The van der Waals surface area contributed by atoms with E-state index in [0.717, 1.165) is 17.4 Å². The zero-order chi connectivity index (χ0) is 9.68. The second-order valence-corrected chi connectivity index (χ2v) is 3.69. The van der Waals surface area contributed by atoms with Crippen LogP contribution >= 0.6 is 0 Å². The van der Waals surface area contributed by atoms with Gasteiger partial charge in [0.15, 0.2) is 6.73 Å². The molecule has 1 aliphatic heterocycles. The molecule has 0 spiro atoms. The minimum absolute atomic E-state index is 0. The smallest absolute Gasteiger partial charge is 0.159 e. The Morgan fingerprint density at radius 2 is 1.92 bits per heavy atom. The molecule has 2 nitrogen and oxygen atoms in total. The summed E-state index contributed by atoms with van der Waals surface area (Å²) in [5.41, 5.74) is 1.09. The molecule has 1 aromatic carbocycles. The van der Waals surface area contributed by atoms with Gasteiger partial charge in [0.05, 0.1) is 5.69 Å². The second kappa shape index (κ2) is 4.75. The highest BCUT2D eigenvalue weighted by Crippen LogP contribution is 2.27. The van der Waals surface area contributed by atoms with E-state index in [4.69, 9.17) is 4.74 Å². The molecule has 0 aliphatic carbocycles. The first-order valence-corrected chi connectivity index (χ1v) is 4.66. The molecule has 1 aromatic rings. The number of hydrogen-bond acceptors (Lipinski definition) is 2. The van der Waals surface area contributed by atoms with Gasteiger partial charge in [0.1, 0.15) is 5.75 Å². The van der Waals surface area contributed by atoms with E-state index in [-0.39, 0.29) is 1.43 Å². The lowest BCUT2D eigenvalue weighted by Gasteiger charge is -1.91. The molecular weight excluding hydrogens is 162 g/mol. The molecule has 13 heavy (non-hydrogen) atoms. The molecule has 0 bridgehead atoms. The first kappa shape index (κ1) is 9.90. The van der Waals surface area contributed by atoms with Crippen LogP contribution < -0.4 is 10.1 Å². The van der Waals surface area contributed by atoms with E-state index >= 15 is 0 Å². The monoisotopic (exact) mass is 181 g/mol. The maximum atomic E-state index is 5.19. The average molecular weight is 181 g/mol. The molecule has 1 N–H and O–H groups in total. The fourth-order valence-corrected chi connectivity index (χ4v) is 0.930. The van der Waals surface area contributed by atoms with Crippen LogP contribution in [0.25, 0.3) is 0 Å². The number of hydrogen-bond donors (Lipinski definition) is 1. The topological polar surface area (TPSA) is 21.3 Å². The molecule has 2 heteroatoms. The second-order valence-electron chi connectivity index (χ2n) is 3.69. The normalized spacial score (nSPS) is 12.3. The van der Waals surface area contributed by atoms with Crippen LogP contribution in [0, 0.1) is 5.92 Å². The summed E-state index contributed by atoms with van der Waals surface area (Å²) in [6.07, 6.45) is 0. The van der Waals surface area contributed by atoms with Crippen molar-refractivity contribution in [2.45, 2.75) is 20.8 Å². The molecule has 0 saturated carbocycles. The molecule has 0 atom stereocenters. The van der Waals surface area contributed by atoms with Gasteiger partial charge in [-0.3, -0.25) is 0 Å². The van der Waals surface area contributed by atoms with Gasteiger partial charge in [-0.15, -0.1) is 0 Å². The van der Waals surface area contributed by atoms with E-state index in [0.29, 0.717) is 6.73 Å². The third kappa shape index (κ3) is 3.36. The molecule has 1 heterocycles. The zero-order valence-electron chi connectivity index (χ0n) is 8.50. The first-order valence-electron chi connectivity index (χ1n) is 4.66. The van der Waals surface area contributed by atoms with Crippen LogP contribution in [-0.4, -0.2) is 6.73 Å². The number of benzene rings is 1. The van der Waals surface area contributed by atoms with Gasteiger partial charge in [0.25, 0.3) is 0 Å².